The Morgan fingerprint density at radius 3 is 2.75 bits per heavy atom. The number of hydrogen-bond acceptors (Lipinski definition) is 3. The maximum atomic E-state index is 4.61. The van der Waals surface area contributed by atoms with E-state index in [1.807, 2.05) is 6.34 Å². The van der Waals surface area contributed by atoms with Gasteiger partial charge in [0.15, 0.2) is 0 Å². The van der Waals surface area contributed by atoms with Crippen molar-refractivity contribution >= 4 is 22.8 Å². The number of aryl methyl sites for hydroxylation is 2. The van der Waals surface area contributed by atoms with Crippen molar-refractivity contribution in [2.75, 3.05) is 13.1 Å². The van der Waals surface area contributed by atoms with Crippen molar-refractivity contribution in [2.24, 2.45) is 4.99 Å². The van der Waals surface area contributed by atoms with Crippen molar-refractivity contribution in [1.82, 2.24) is 9.88 Å². The third kappa shape index (κ3) is 2.12. The van der Waals surface area contributed by atoms with E-state index in [0.29, 0.717) is 0 Å². The molecule has 0 saturated carbocycles. The van der Waals surface area contributed by atoms with Crippen LogP contribution in [0, 0.1) is 0 Å². The average Bonchev–Trinajstić information content (AvgIpc) is 2.95. The second-order valence-electron chi connectivity index (χ2n) is 4.56. The minimum absolute atomic E-state index is 0.957. The molecule has 0 bridgehead atoms. The van der Waals surface area contributed by atoms with E-state index in [4.69, 9.17) is 0 Å². The summed E-state index contributed by atoms with van der Waals surface area (Å²) in [4.78, 5) is 12.9. The van der Waals surface area contributed by atoms with Gasteiger partial charge < -0.3 is 4.90 Å². The van der Waals surface area contributed by atoms with Gasteiger partial charge in [0.2, 0.25) is 5.13 Å². The van der Waals surface area contributed by atoms with Crippen molar-refractivity contribution in [1.29, 1.82) is 0 Å². The Kier molecular flexibility index (Phi) is 2.91. The van der Waals surface area contributed by atoms with Crippen LogP contribution < -0.4 is 0 Å². The quantitative estimate of drug-likeness (QED) is 0.582. The zero-order valence-corrected chi connectivity index (χ0v) is 10.3. The molecule has 1 aliphatic carbocycles. The van der Waals surface area contributed by atoms with Crippen LogP contribution in [0.5, 0.6) is 0 Å². The van der Waals surface area contributed by atoms with Gasteiger partial charge in [-0.15, -0.1) is 0 Å². The summed E-state index contributed by atoms with van der Waals surface area (Å²) >= 11 is 1.78. The van der Waals surface area contributed by atoms with E-state index in [-0.39, 0.29) is 0 Å². The van der Waals surface area contributed by atoms with Crippen LogP contribution in [-0.4, -0.2) is 29.3 Å². The van der Waals surface area contributed by atoms with Crippen molar-refractivity contribution in [3.05, 3.63) is 10.6 Å². The molecule has 0 unspecified atom stereocenters. The maximum absolute atomic E-state index is 4.61. The summed E-state index contributed by atoms with van der Waals surface area (Å²) in [5.74, 6) is 0. The molecule has 0 amide bonds. The minimum atomic E-state index is 0.957. The Bertz CT molecular complexity index is 367. The minimum Gasteiger partial charge on any atom is -0.363 e. The molecule has 86 valence electrons. The van der Waals surface area contributed by atoms with Crippen LogP contribution in [0.15, 0.2) is 4.99 Å². The lowest BCUT2D eigenvalue weighted by atomic mass is 10.0. The van der Waals surface area contributed by atoms with Gasteiger partial charge in [0.05, 0.1) is 12.0 Å². The fourth-order valence-corrected chi connectivity index (χ4v) is 3.37. The second kappa shape index (κ2) is 4.53. The molecule has 0 atom stereocenters. The SMILES string of the molecule is C(=N\c1nc2c(s1)CCCC2)/N1CCCC1. The predicted molar refractivity (Wildman–Crippen MR) is 67.7 cm³/mol. The number of aliphatic imine (C=N–C) groups is 1. The fraction of sp³-hybridized carbons (Fsp3) is 0.667. The summed E-state index contributed by atoms with van der Waals surface area (Å²) in [5.41, 5.74) is 1.31. The number of aromatic nitrogens is 1. The summed E-state index contributed by atoms with van der Waals surface area (Å²) in [7, 11) is 0. The van der Waals surface area contributed by atoms with Gasteiger partial charge in [0.1, 0.15) is 0 Å². The molecule has 2 aliphatic rings. The van der Waals surface area contributed by atoms with Crippen LogP contribution in [0.1, 0.15) is 36.3 Å². The van der Waals surface area contributed by atoms with E-state index in [9.17, 15) is 0 Å². The van der Waals surface area contributed by atoms with E-state index in [1.165, 1.54) is 42.7 Å². The summed E-state index contributed by atoms with van der Waals surface area (Å²) in [6.07, 6.45) is 9.59. The van der Waals surface area contributed by atoms with Gasteiger partial charge in [-0.1, -0.05) is 11.3 Å². The van der Waals surface area contributed by atoms with Crippen LogP contribution in [0.2, 0.25) is 0 Å². The molecule has 1 aromatic rings. The lowest BCUT2D eigenvalue weighted by molar-refractivity contribution is 0.536. The Balaban J connectivity index is 1.71. The van der Waals surface area contributed by atoms with Crippen LogP contribution in [0.25, 0.3) is 0 Å². The molecule has 0 aromatic carbocycles. The standard InChI is InChI=1S/C12H17N3S/c1-2-6-11-10(5-1)14-12(16-11)13-9-15-7-3-4-8-15/h9H,1-8H2/b13-9+. The molecule has 2 heterocycles. The summed E-state index contributed by atoms with van der Waals surface area (Å²) in [5, 5.41) is 0.957. The molecule has 4 heteroatoms. The van der Waals surface area contributed by atoms with Crippen LogP contribution in [0.3, 0.4) is 0 Å². The zero-order valence-electron chi connectivity index (χ0n) is 9.48. The van der Waals surface area contributed by atoms with Gasteiger partial charge in [-0.3, -0.25) is 0 Å². The van der Waals surface area contributed by atoms with Crippen molar-refractivity contribution in [3.8, 4) is 0 Å². The third-order valence-corrected chi connectivity index (χ3v) is 4.37. The Labute approximate surface area is 100 Å². The number of hydrogen-bond donors (Lipinski definition) is 0. The highest BCUT2D eigenvalue weighted by atomic mass is 32.1. The number of rotatable bonds is 2. The first-order valence-corrected chi connectivity index (χ1v) is 7.00. The molecular formula is C12H17N3S. The lowest BCUT2D eigenvalue weighted by Gasteiger charge is -2.07. The van der Waals surface area contributed by atoms with Crippen LogP contribution in [-0.2, 0) is 12.8 Å². The molecule has 1 saturated heterocycles. The topological polar surface area (TPSA) is 28.5 Å². The molecular weight excluding hydrogens is 218 g/mol. The fourth-order valence-electron chi connectivity index (χ4n) is 2.38. The number of nitrogens with zero attached hydrogens (tertiary/aromatic N) is 3. The molecule has 3 rings (SSSR count). The molecule has 1 aliphatic heterocycles. The normalized spacial score (nSPS) is 20.6. The summed E-state index contributed by atoms with van der Waals surface area (Å²) in [6, 6.07) is 0. The Morgan fingerprint density at radius 2 is 1.94 bits per heavy atom. The van der Waals surface area contributed by atoms with Gasteiger partial charge in [0, 0.05) is 18.0 Å². The van der Waals surface area contributed by atoms with Gasteiger partial charge in [-0.2, -0.15) is 0 Å². The second-order valence-corrected chi connectivity index (χ2v) is 5.62. The monoisotopic (exact) mass is 235 g/mol. The molecule has 1 fully saturated rings. The highest BCUT2D eigenvalue weighted by Crippen LogP contribution is 2.30. The zero-order chi connectivity index (χ0) is 10.8. The maximum Gasteiger partial charge on any atom is 0.210 e. The average molecular weight is 235 g/mol. The highest BCUT2D eigenvalue weighted by molar-refractivity contribution is 7.15. The highest BCUT2D eigenvalue weighted by Gasteiger charge is 2.14. The molecule has 0 spiro atoms. The first-order chi connectivity index (χ1) is 7.92. The third-order valence-electron chi connectivity index (χ3n) is 3.31. The van der Waals surface area contributed by atoms with Crippen molar-refractivity contribution in [3.63, 3.8) is 0 Å². The lowest BCUT2D eigenvalue weighted by Crippen LogP contribution is -2.15. The van der Waals surface area contributed by atoms with E-state index in [0.717, 1.165) is 24.6 Å². The number of likely N-dealkylation sites (tertiary alicyclic amines) is 1. The summed E-state index contributed by atoms with van der Waals surface area (Å²) in [6.45, 7) is 2.32. The van der Waals surface area contributed by atoms with E-state index < -0.39 is 0 Å². The smallest absolute Gasteiger partial charge is 0.210 e. The Morgan fingerprint density at radius 1 is 1.12 bits per heavy atom. The first kappa shape index (κ1) is 10.3. The molecule has 0 radical (unpaired) electrons. The number of thiazole rings is 1. The van der Waals surface area contributed by atoms with Crippen molar-refractivity contribution in [2.45, 2.75) is 38.5 Å². The molecule has 3 nitrogen and oxygen atoms in total. The number of fused-ring (bicyclic) bond motifs is 1. The largest absolute Gasteiger partial charge is 0.363 e. The van der Waals surface area contributed by atoms with E-state index >= 15 is 0 Å². The molecule has 16 heavy (non-hydrogen) atoms. The van der Waals surface area contributed by atoms with Gasteiger partial charge in [0.25, 0.3) is 0 Å². The van der Waals surface area contributed by atoms with Crippen molar-refractivity contribution < 1.29 is 0 Å². The van der Waals surface area contributed by atoms with Crippen LogP contribution >= 0.6 is 11.3 Å². The van der Waals surface area contributed by atoms with E-state index in [1.54, 1.807) is 11.3 Å². The van der Waals surface area contributed by atoms with Gasteiger partial charge in [-0.25, -0.2) is 9.98 Å². The Hall–Kier alpha value is -0.900. The van der Waals surface area contributed by atoms with Crippen LogP contribution in [0.4, 0.5) is 5.13 Å². The van der Waals surface area contributed by atoms with Gasteiger partial charge >= 0.3 is 0 Å². The van der Waals surface area contributed by atoms with Gasteiger partial charge in [-0.05, 0) is 38.5 Å². The molecule has 1 aromatic heterocycles. The van der Waals surface area contributed by atoms with E-state index in [2.05, 4.69) is 14.9 Å². The predicted octanol–water partition coefficient (Wildman–Crippen LogP) is 2.78. The molecule has 0 N–H and O–H groups in total. The summed E-state index contributed by atoms with van der Waals surface area (Å²) < 4.78 is 0. The first-order valence-electron chi connectivity index (χ1n) is 6.19.